The molecule has 0 aromatic heterocycles. The van der Waals surface area contributed by atoms with Crippen molar-refractivity contribution in [2.45, 2.75) is 95.9 Å². The maximum atomic E-state index is 13.9. The predicted molar refractivity (Wildman–Crippen MR) is 184 cm³/mol. The van der Waals surface area contributed by atoms with Crippen molar-refractivity contribution in [3.8, 4) is 5.75 Å². The molecule has 2 aliphatic heterocycles. The normalized spacial score (nSPS) is 22.1. The van der Waals surface area contributed by atoms with Crippen LogP contribution >= 0.6 is 0 Å². The van der Waals surface area contributed by atoms with Gasteiger partial charge in [0.05, 0.1) is 18.5 Å². The van der Waals surface area contributed by atoms with Crippen molar-refractivity contribution in [3.05, 3.63) is 65.2 Å². The summed E-state index contributed by atoms with van der Waals surface area (Å²) in [6.45, 7) is 5.25. The number of carbonyl (C=O) groups is 6. The van der Waals surface area contributed by atoms with Gasteiger partial charge in [-0.2, -0.15) is 0 Å². The molecular formula is C37H48N6O7. The van der Waals surface area contributed by atoms with Crippen LogP contribution in [0.4, 0.5) is 0 Å². The zero-order valence-electron chi connectivity index (χ0n) is 28.8. The van der Waals surface area contributed by atoms with Gasteiger partial charge in [0, 0.05) is 26.1 Å². The lowest BCUT2D eigenvalue weighted by molar-refractivity contribution is -0.138. The summed E-state index contributed by atoms with van der Waals surface area (Å²) < 4.78 is 5.85. The highest BCUT2D eigenvalue weighted by atomic mass is 16.5. The number of fused-ring (bicyclic) bond motifs is 1. The Morgan fingerprint density at radius 1 is 0.940 bits per heavy atom. The molecule has 0 radical (unpaired) electrons. The quantitative estimate of drug-likeness (QED) is 0.309. The molecule has 1 saturated heterocycles. The Morgan fingerprint density at radius 3 is 2.36 bits per heavy atom. The van der Waals surface area contributed by atoms with E-state index in [2.05, 4.69) is 26.6 Å². The van der Waals surface area contributed by atoms with Crippen LogP contribution in [0, 0.1) is 5.92 Å². The minimum atomic E-state index is -1.28. The fraction of sp³-hybridized carbons (Fsp3) is 0.514. The van der Waals surface area contributed by atoms with Gasteiger partial charge in [-0.05, 0) is 48.4 Å². The largest absolute Gasteiger partial charge is 0.491 e. The van der Waals surface area contributed by atoms with Crippen molar-refractivity contribution in [1.82, 2.24) is 31.5 Å². The number of nitrogens with one attached hydrogen (secondary N) is 5. The minimum absolute atomic E-state index is 0.0514. The highest BCUT2D eigenvalue weighted by molar-refractivity contribution is 6.01. The zero-order chi connectivity index (χ0) is 35.7. The van der Waals surface area contributed by atoms with Crippen LogP contribution in [0.15, 0.2) is 48.5 Å². The number of hydrogen-bond acceptors (Lipinski definition) is 7. The third-order valence-electron chi connectivity index (χ3n) is 9.59. The van der Waals surface area contributed by atoms with Crippen molar-refractivity contribution < 1.29 is 33.5 Å². The predicted octanol–water partition coefficient (Wildman–Crippen LogP) is 2.08. The molecule has 2 aromatic rings. The number of hydrogen-bond donors (Lipinski definition) is 5. The number of amides is 6. The number of carbonyl (C=O) groups excluding carboxylic acids is 6. The lowest BCUT2D eigenvalue weighted by Crippen LogP contribution is -2.64. The van der Waals surface area contributed by atoms with Gasteiger partial charge in [-0.15, -0.1) is 0 Å². The first-order valence-corrected chi connectivity index (χ1v) is 17.6. The van der Waals surface area contributed by atoms with E-state index in [9.17, 15) is 28.8 Å². The van der Waals surface area contributed by atoms with Crippen LogP contribution in [0.25, 0.3) is 0 Å². The summed E-state index contributed by atoms with van der Waals surface area (Å²) in [5.41, 5.74) is 0.677. The minimum Gasteiger partial charge on any atom is -0.491 e. The van der Waals surface area contributed by atoms with Gasteiger partial charge in [-0.3, -0.25) is 28.8 Å². The number of likely N-dealkylation sites (tertiary alicyclic amines) is 1. The molecule has 13 nitrogen and oxygen atoms in total. The molecule has 50 heavy (non-hydrogen) atoms. The Hall–Kier alpha value is -4.94. The van der Waals surface area contributed by atoms with Gasteiger partial charge in [-0.1, -0.05) is 69.5 Å². The summed E-state index contributed by atoms with van der Waals surface area (Å²) >= 11 is 0. The van der Waals surface area contributed by atoms with E-state index in [1.54, 1.807) is 24.3 Å². The summed E-state index contributed by atoms with van der Waals surface area (Å²) in [4.78, 5) is 81.9. The van der Waals surface area contributed by atoms with Crippen LogP contribution in [-0.4, -0.2) is 77.7 Å². The van der Waals surface area contributed by atoms with Crippen LogP contribution in [0.2, 0.25) is 0 Å². The van der Waals surface area contributed by atoms with E-state index in [0.29, 0.717) is 38.6 Å². The number of para-hydroxylation sites is 1. The van der Waals surface area contributed by atoms with E-state index >= 15 is 0 Å². The second-order valence-corrected chi connectivity index (χ2v) is 13.7. The first-order chi connectivity index (χ1) is 24.0. The first kappa shape index (κ1) is 36.3. The Labute approximate surface area is 292 Å². The summed E-state index contributed by atoms with van der Waals surface area (Å²) in [7, 11) is 0. The maximum Gasteiger partial charge on any atom is 0.255 e. The smallest absolute Gasteiger partial charge is 0.255 e. The Balaban J connectivity index is 1.36. The molecule has 2 aromatic carbocycles. The average Bonchev–Trinajstić information content (AvgIpc) is 3.51. The summed E-state index contributed by atoms with van der Waals surface area (Å²) in [6.07, 6.45) is 4.07. The van der Waals surface area contributed by atoms with E-state index in [1.165, 1.54) is 0 Å². The van der Waals surface area contributed by atoms with Crippen LogP contribution in [0.1, 0.15) is 86.7 Å². The summed E-state index contributed by atoms with van der Waals surface area (Å²) in [5.74, 6) is -2.44. The van der Waals surface area contributed by atoms with E-state index in [1.807, 2.05) is 43.0 Å². The van der Waals surface area contributed by atoms with Crippen LogP contribution in [0.3, 0.4) is 0 Å². The van der Waals surface area contributed by atoms with Gasteiger partial charge in [0.1, 0.15) is 30.0 Å². The molecule has 1 spiro atoms. The van der Waals surface area contributed by atoms with Crippen molar-refractivity contribution in [3.63, 3.8) is 0 Å². The maximum absolute atomic E-state index is 13.9. The summed E-state index contributed by atoms with van der Waals surface area (Å²) in [6, 6.07) is 12.0. The topological polar surface area (TPSA) is 175 Å². The van der Waals surface area contributed by atoms with E-state index in [4.69, 9.17) is 4.74 Å². The molecule has 1 saturated carbocycles. The van der Waals surface area contributed by atoms with Crippen molar-refractivity contribution >= 4 is 35.4 Å². The molecule has 2 heterocycles. The van der Waals surface area contributed by atoms with Crippen molar-refractivity contribution in [2.75, 3.05) is 19.7 Å². The molecule has 0 bridgehead atoms. The number of benzene rings is 2. The highest BCUT2D eigenvalue weighted by Gasteiger charge is 2.43. The highest BCUT2D eigenvalue weighted by Crippen LogP contribution is 2.29. The monoisotopic (exact) mass is 688 g/mol. The molecule has 5 rings (SSSR count). The lowest BCUT2D eigenvalue weighted by Gasteiger charge is -2.38. The Morgan fingerprint density at radius 2 is 1.66 bits per heavy atom. The van der Waals surface area contributed by atoms with Gasteiger partial charge in [0.15, 0.2) is 0 Å². The SMILES string of the molecule is CC(C)[C@H]1NC(=O)C2(CCCCC2)NC(=O)C[C@@H](C(=O)NCc2ccc(CN3CCCC3=O)cc2)NC(=O)c2ccccc2OCCNC1=O. The molecule has 2 atom stereocenters. The molecule has 2 fully saturated rings. The van der Waals surface area contributed by atoms with Gasteiger partial charge >= 0.3 is 0 Å². The van der Waals surface area contributed by atoms with Gasteiger partial charge in [-0.25, -0.2) is 0 Å². The molecule has 0 unspecified atom stereocenters. The Kier molecular flexibility index (Phi) is 12.1. The van der Waals surface area contributed by atoms with Gasteiger partial charge < -0.3 is 36.2 Å². The van der Waals surface area contributed by atoms with Crippen LogP contribution in [-0.2, 0) is 37.1 Å². The van der Waals surface area contributed by atoms with Crippen molar-refractivity contribution in [2.24, 2.45) is 5.92 Å². The molecular weight excluding hydrogens is 640 g/mol. The second kappa shape index (κ2) is 16.6. The Bertz CT molecular complexity index is 1570. The second-order valence-electron chi connectivity index (χ2n) is 13.7. The summed E-state index contributed by atoms with van der Waals surface area (Å²) in [5, 5.41) is 14.2. The first-order valence-electron chi connectivity index (χ1n) is 17.6. The molecule has 6 amide bonds. The average molecular weight is 689 g/mol. The van der Waals surface area contributed by atoms with E-state index in [-0.39, 0.29) is 48.7 Å². The third kappa shape index (κ3) is 9.19. The molecule has 13 heteroatoms. The van der Waals surface area contributed by atoms with Gasteiger partial charge in [0.2, 0.25) is 29.5 Å². The van der Waals surface area contributed by atoms with Crippen LogP contribution < -0.4 is 31.3 Å². The number of nitrogens with zero attached hydrogens (tertiary/aromatic N) is 1. The lowest BCUT2D eigenvalue weighted by atomic mass is 9.80. The number of ether oxygens (including phenoxy) is 1. The fourth-order valence-corrected chi connectivity index (χ4v) is 6.72. The molecule has 1 aliphatic carbocycles. The van der Waals surface area contributed by atoms with E-state index in [0.717, 1.165) is 30.5 Å². The van der Waals surface area contributed by atoms with E-state index < -0.39 is 47.7 Å². The molecule has 268 valence electrons. The number of rotatable bonds is 6. The zero-order valence-corrected chi connectivity index (χ0v) is 28.8. The van der Waals surface area contributed by atoms with Crippen LogP contribution in [0.5, 0.6) is 5.75 Å². The standard InChI is InChI=1S/C37H48N6O7/c1-24(2)32-35(48)38-18-20-50-29-10-5-4-9-27(29)33(46)40-28(21-30(44)42-37(36(49)41-32)16-6-3-7-17-37)34(47)39-22-25-12-14-26(15-13-25)23-43-19-8-11-31(43)45/h4-5,9-10,12-15,24,28,32H,3,6-8,11,16-23H2,1-2H3,(H,38,48)(H,39,47)(H,40,46)(H,41,49)(H,42,44)/t28-,32+/m0/s1. The van der Waals surface area contributed by atoms with Crippen molar-refractivity contribution in [1.29, 1.82) is 0 Å². The third-order valence-corrected chi connectivity index (χ3v) is 9.59. The molecule has 3 aliphatic rings. The fourth-order valence-electron chi connectivity index (χ4n) is 6.72. The molecule has 5 N–H and O–H groups in total. The van der Waals surface area contributed by atoms with Gasteiger partial charge in [0.25, 0.3) is 5.91 Å².